The average molecular weight is 488 g/mol. The highest BCUT2D eigenvalue weighted by molar-refractivity contribution is 7.80. The van der Waals surface area contributed by atoms with Gasteiger partial charge in [-0.2, -0.15) is 12.6 Å². The van der Waals surface area contributed by atoms with Crippen LogP contribution in [0.15, 0.2) is 12.5 Å². The second-order valence-corrected chi connectivity index (χ2v) is 7.63. The van der Waals surface area contributed by atoms with E-state index in [-0.39, 0.29) is 25.0 Å². The molecule has 0 saturated heterocycles. The molecule has 0 saturated carbocycles. The summed E-state index contributed by atoms with van der Waals surface area (Å²) in [6.45, 7) is 1.24. The van der Waals surface area contributed by atoms with Crippen LogP contribution in [-0.4, -0.2) is 85.8 Å². The number of rotatable bonds is 14. The van der Waals surface area contributed by atoms with Gasteiger partial charge in [-0.15, -0.1) is 0 Å². The molecule has 0 aliphatic heterocycles. The Morgan fingerprint density at radius 1 is 1.12 bits per heavy atom. The minimum absolute atomic E-state index is 0.0173. The van der Waals surface area contributed by atoms with Gasteiger partial charge in [-0.05, 0) is 13.3 Å². The number of thiol groups is 1. The number of imidazole rings is 1. The molecule has 4 amide bonds. The number of hydrogen-bond acceptors (Lipinski definition) is 9. The Bertz CT molecular complexity index is 834. The van der Waals surface area contributed by atoms with Crippen LogP contribution in [0.1, 0.15) is 25.5 Å². The number of aromatic nitrogens is 2. The molecule has 0 aliphatic carbocycles. The van der Waals surface area contributed by atoms with Gasteiger partial charge in [-0.1, -0.05) is 0 Å². The van der Waals surface area contributed by atoms with Gasteiger partial charge < -0.3 is 42.6 Å². The van der Waals surface area contributed by atoms with Gasteiger partial charge in [0.25, 0.3) is 0 Å². The topological polar surface area (TPSA) is 243 Å². The molecular weight excluding hydrogens is 458 g/mol. The predicted molar refractivity (Wildman–Crippen MR) is 118 cm³/mol. The summed E-state index contributed by atoms with van der Waals surface area (Å²) in [7, 11) is 0. The van der Waals surface area contributed by atoms with Crippen LogP contribution in [0.25, 0.3) is 0 Å². The highest BCUT2D eigenvalue weighted by Gasteiger charge is 2.32. The number of nitrogens with one attached hydrogen (secondary N) is 4. The molecule has 5 atom stereocenters. The summed E-state index contributed by atoms with van der Waals surface area (Å²) in [5.74, 6) is -4.72. The van der Waals surface area contributed by atoms with Crippen molar-refractivity contribution in [3.63, 3.8) is 0 Å². The van der Waals surface area contributed by atoms with Gasteiger partial charge in [-0.25, -0.2) is 9.78 Å². The van der Waals surface area contributed by atoms with E-state index in [2.05, 4.69) is 38.5 Å². The van der Waals surface area contributed by atoms with Crippen molar-refractivity contribution in [3.05, 3.63) is 18.2 Å². The van der Waals surface area contributed by atoms with Gasteiger partial charge >= 0.3 is 5.97 Å². The molecule has 33 heavy (non-hydrogen) atoms. The van der Waals surface area contributed by atoms with Crippen molar-refractivity contribution in [3.8, 4) is 0 Å². The third-order valence-corrected chi connectivity index (χ3v) is 4.90. The van der Waals surface area contributed by atoms with Crippen molar-refractivity contribution in [2.24, 2.45) is 11.5 Å². The smallest absolute Gasteiger partial charge is 0.326 e. The number of amides is 4. The zero-order valence-electron chi connectivity index (χ0n) is 17.9. The van der Waals surface area contributed by atoms with E-state index in [0.29, 0.717) is 5.69 Å². The van der Waals surface area contributed by atoms with E-state index < -0.39 is 59.9 Å². The minimum atomic E-state index is -1.48. The number of aliphatic carboxylic acids is 1. The summed E-state index contributed by atoms with van der Waals surface area (Å²) in [5.41, 5.74) is 11.1. The lowest BCUT2D eigenvalue weighted by Gasteiger charge is -2.26. The number of carbonyl (C=O) groups excluding carboxylic acids is 4. The summed E-state index contributed by atoms with van der Waals surface area (Å²) < 4.78 is 0. The molecule has 5 unspecified atom stereocenters. The van der Waals surface area contributed by atoms with Crippen molar-refractivity contribution in [1.29, 1.82) is 0 Å². The fourth-order valence-electron chi connectivity index (χ4n) is 2.65. The van der Waals surface area contributed by atoms with Gasteiger partial charge in [0.2, 0.25) is 23.6 Å². The predicted octanol–water partition coefficient (Wildman–Crippen LogP) is -3.61. The van der Waals surface area contributed by atoms with Crippen LogP contribution >= 0.6 is 12.6 Å². The normalized spacial score (nSPS) is 15.4. The van der Waals surface area contributed by atoms with Gasteiger partial charge in [0.1, 0.15) is 18.1 Å². The second kappa shape index (κ2) is 13.4. The number of aliphatic hydroxyl groups is 1. The van der Waals surface area contributed by atoms with Crippen molar-refractivity contribution in [2.75, 3.05) is 5.75 Å². The zero-order valence-corrected chi connectivity index (χ0v) is 18.7. The molecule has 0 aromatic carbocycles. The number of H-pyrrole nitrogens is 1. The Morgan fingerprint density at radius 2 is 1.76 bits per heavy atom. The lowest BCUT2D eigenvalue weighted by Crippen LogP contribution is -2.60. The van der Waals surface area contributed by atoms with Crippen molar-refractivity contribution in [2.45, 2.75) is 56.5 Å². The van der Waals surface area contributed by atoms with Gasteiger partial charge in [0, 0.05) is 30.5 Å². The molecule has 1 rings (SSSR count). The first-order chi connectivity index (χ1) is 15.5. The number of nitrogens with two attached hydrogens (primary N) is 2. The van der Waals surface area contributed by atoms with E-state index in [9.17, 15) is 34.2 Å². The van der Waals surface area contributed by atoms with Gasteiger partial charge in [-0.3, -0.25) is 19.2 Å². The molecule has 1 aromatic heterocycles. The summed E-state index contributed by atoms with van der Waals surface area (Å²) in [6.07, 6.45) is 0.696. The first-order valence-electron chi connectivity index (χ1n) is 9.90. The number of carbonyl (C=O) groups is 5. The van der Waals surface area contributed by atoms with Crippen LogP contribution in [0.3, 0.4) is 0 Å². The van der Waals surface area contributed by atoms with Crippen molar-refractivity contribution in [1.82, 2.24) is 25.9 Å². The van der Waals surface area contributed by atoms with Crippen LogP contribution in [0, 0.1) is 0 Å². The monoisotopic (exact) mass is 487 g/mol. The Hall–Kier alpha value is -3.17. The SMILES string of the molecule is CC(O)C(NC(=O)C(N)CS)C(=O)NC(CCC(N)=O)C(=O)NC(Cc1cnc[nH]1)C(=O)O. The summed E-state index contributed by atoms with van der Waals surface area (Å²) >= 11 is 3.89. The van der Waals surface area contributed by atoms with Crippen LogP contribution < -0.4 is 27.4 Å². The first-order valence-corrected chi connectivity index (χ1v) is 10.5. The maximum absolute atomic E-state index is 12.8. The number of primary amides is 1. The maximum atomic E-state index is 12.8. The van der Waals surface area contributed by atoms with Crippen LogP contribution in [0.4, 0.5) is 0 Å². The maximum Gasteiger partial charge on any atom is 0.326 e. The number of aromatic amines is 1. The number of aliphatic hydroxyl groups excluding tert-OH is 1. The molecular formula is C18H29N7O7S. The summed E-state index contributed by atoms with van der Waals surface area (Å²) in [4.78, 5) is 66.7. The second-order valence-electron chi connectivity index (χ2n) is 7.26. The van der Waals surface area contributed by atoms with E-state index in [0.717, 1.165) is 0 Å². The van der Waals surface area contributed by atoms with Gasteiger partial charge in [0.05, 0.1) is 18.5 Å². The van der Waals surface area contributed by atoms with Gasteiger partial charge in [0.15, 0.2) is 0 Å². The Kier molecular flexibility index (Phi) is 11.3. The van der Waals surface area contributed by atoms with Crippen LogP contribution in [0.2, 0.25) is 0 Å². The molecule has 14 nitrogen and oxygen atoms in total. The zero-order chi connectivity index (χ0) is 25.1. The van der Waals surface area contributed by atoms with Crippen LogP contribution in [0.5, 0.6) is 0 Å². The quantitative estimate of drug-likeness (QED) is 0.117. The molecule has 10 N–H and O–H groups in total. The Morgan fingerprint density at radius 3 is 2.24 bits per heavy atom. The van der Waals surface area contributed by atoms with Crippen molar-refractivity contribution >= 4 is 42.2 Å². The highest BCUT2D eigenvalue weighted by atomic mass is 32.1. The number of carboxylic acids is 1. The molecule has 0 spiro atoms. The van der Waals surface area contributed by atoms with Crippen molar-refractivity contribution < 1.29 is 34.2 Å². The minimum Gasteiger partial charge on any atom is -0.480 e. The molecule has 0 aliphatic rings. The number of nitrogens with zero attached hydrogens (tertiary/aromatic N) is 1. The fraction of sp³-hybridized carbons (Fsp3) is 0.556. The van der Waals surface area contributed by atoms with E-state index >= 15 is 0 Å². The van der Waals surface area contributed by atoms with Crippen LogP contribution in [-0.2, 0) is 30.4 Å². The highest BCUT2D eigenvalue weighted by Crippen LogP contribution is 2.04. The molecule has 1 heterocycles. The first kappa shape index (κ1) is 27.9. The fourth-order valence-corrected chi connectivity index (χ4v) is 2.82. The van der Waals surface area contributed by atoms with E-state index in [1.807, 2.05) is 0 Å². The molecule has 15 heteroatoms. The average Bonchev–Trinajstić information content (AvgIpc) is 3.25. The lowest BCUT2D eigenvalue weighted by atomic mass is 10.1. The van der Waals surface area contributed by atoms with E-state index in [1.165, 1.54) is 19.4 Å². The molecule has 184 valence electrons. The Labute approximate surface area is 194 Å². The lowest BCUT2D eigenvalue weighted by molar-refractivity contribution is -0.142. The summed E-state index contributed by atoms with van der Waals surface area (Å²) in [5, 5.41) is 26.2. The number of hydrogen-bond donors (Lipinski definition) is 9. The van der Waals surface area contributed by atoms with E-state index in [4.69, 9.17) is 11.5 Å². The molecule has 1 aromatic rings. The largest absolute Gasteiger partial charge is 0.480 e. The number of carboxylic acid groups (broad SMARTS) is 1. The standard InChI is InChI=1S/C18H29N7O7S/c1-8(26)14(25-15(28)10(19)6-33)17(30)23-11(2-3-13(20)27)16(29)24-12(18(31)32)4-9-5-21-7-22-9/h5,7-8,10-12,14,26,33H,2-4,6,19H2,1H3,(H2,20,27)(H,21,22)(H,23,30)(H,24,29)(H,25,28)(H,31,32). The summed E-state index contributed by atoms with van der Waals surface area (Å²) in [6, 6.07) is -5.28. The molecule has 0 fully saturated rings. The van der Waals surface area contributed by atoms with E-state index in [1.54, 1.807) is 0 Å². The third-order valence-electron chi connectivity index (χ3n) is 4.50. The molecule has 0 bridgehead atoms. The molecule has 0 radical (unpaired) electrons. The third kappa shape index (κ3) is 9.46. The Balaban J connectivity index is 2.97.